The van der Waals surface area contributed by atoms with E-state index in [0.717, 1.165) is 17.7 Å². The fourth-order valence-corrected chi connectivity index (χ4v) is 4.65. The first-order valence-corrected chi connectivity index (χ1v) is 11.5. The van der Waals surface area contributed by atoms with Crippen LogP contribution in [0.25, 0.3) is 0 Å². The van der Waals surface area contributed by atoms with Gasteiger partial charge in [0.2, 0.25) is 10.0 Å². The summed E-state index contributed by atoms with van der Waals surface area (Å²) in [6.07, 6.45) is 2.21. The number of ether oxygens (including phenoxy) is 1. The fraction of sp³-hybridized carbons (Fsp3) is 0.217. The number of carbonyl (C=O) groups excluding carboxylic acids is 2. The maximum atomic E-state index is 12.7. The largest absolute Gasteiger partial charge is 0.468 e. The van der Waals surface area contributed by atoms with E-state index in [9.17, 15) is 18.0 Å². The molecule has 166 valence electrons. The molecule has 1 amide bonds. The zero-order valence-corrected chi connectivity index (χ0v) is 18.2. The molecule has 9 heteroatoms. The van der Waals surface area contributed by atoms with E-state index < -0.39 is 22.6 Å². The Morgan fingerprint density at radius 2 is 1.84 bits per heavy atom. The average Bonchev–Trinajstić information content (AvgIpc) is 3.43. The molecule has 0 fully saturated rings. The summed E-state index contributed by atoms with van der Waals surface area (Å²) >= 11 is 0. The highest BCUT2D eigenvalue weighted by atomic mass is 32.2. The predicted molar refractivity (Wildman–Crippen MR) is 117 cm³/mol. The van der Waals surface area contributed by atoms with Gasteiger partial charge in [0.1, 0.15) is 5.76 Å². The lowest BCUT2D eigenvalue weighted by molar-refractivity contribution is -0.122. The monoisotopic (exact) mass is 454 g/mol. The van der Waals surface area contributed by atoms with Crippen LogP contribution < -0.4 is 9.62 Å². The number of anilines is 1. The van der Waals surface area contributed by atoms with Gasteiger partial charge in [-0.1, -0.05) is 18.2 Å². The number of nitrogens with zero attached hydrogens (tertiary/aromatic N) is 1. The molecule has 1 N–H and O–H groups in total. The summed E-state index contributed by atoms with van der Waals surface area (Å²) in [6.45, 7) is 1.56. The molecule has 0 unspecified atom stereocenters. The SMILES string of the molecule is C[C@H]1Cc2ccccc2N1C(=O)COC(=O)c1ccc(S(=O)(=O)NCc2ccco2)cc1. The minimum Gasteiger partial charge on any atom is -0.468 e. The number of hydrogen-bond donors (Lipinski definition) is 1. The van der Waals surface area contributed by atoms with Crippen LogP contribution in [0.3, 0.4) is 0 Å². The second kappa shape index (κ2) is 8.97. The summed E-state index contributed by atoms with van der Waals surface area (Å²) in [5.74, 6) is -0.531. The molecule has 2 aromatic carbocycles. The number of esters is 1. The molecule has 4 rings (SSSR count). The van der Waals surface area contributed by atoms with Crippen LogP contribution in [0.2, 0.25) is 0 Å². The van der Waals surface area contributed by atoms with Crippen LogP contribution in [-0.4, -0.2) is 32.9 Å². The number of furan rings is 1. The number of rotatable bonds is 7. The Kier molecular flexibility index (Phi) is 6.11. The van der Waals surface area contributed by atoms with E-state index >= 15 is 0 Å². The van der Waals surface area contributed by atoms with Crippen molar-refractivity contribution in [2.75, 3.05) is 11.5 Å². The van der Waals surface area contributed by atoms with Crippen molar-refractivity contribution in [1.82, 2.24) is 4.72 Å². The van der Waals surface area contributed by atoms with Crippen molar-refractivity contribution in [3.05, 3.63) is 83.8 Å². The molecule has 0 aliphatic carbocycles. The molecule has 0 bridgehead atoms. The third-order valence-electron chi connectivity index (χ3n) is 5.22. The van der Waals surface area contributed by atoms with Gasteiger partial charge in [0.05, 0.1) is 23.3 Å². The maximum absolute atomic E-state index is 12.7. The number of fused-ring (bicyclic) bond motifs is 1. The fourth-order valence-electron chi connectivity index (χ4n) is 3.66. The highest BCUT2D eigenvalue weighted by Gasteiger charge is 2.31. The van der Waals surface area contributed by atoms with E-state index in [-0.39, 0.29) is 29.0 Å². The molecule has 3 aromatic rings. The number of para-hydroxylation sites is 1. The minimum atomic E-state index is -3.77. The molecule has 32 heavy (non-hydrogen) atoms. The van der Waals surface area contributed by atoms with Crippen molar-refractivity contribution in [2.45, 2.75) is 30.8 Å². The topological polar surface area (TPSA) is 106 Å². The van der Waals surface area contributed by atoms with Crippen molar-refractivity contribution < 1.29 is 27.2 Å². The highest BCUT2D eigenvalue weighted by molar-refractivity contribution is 7.89. The highest BCUT2D eigenvalue weighted by Crippen LogP contribution is 2.31. The molecule has 0 spiro atoms. The molecular weight excluding hydrogens is 432 g/mol. The molecule has 0 saturated heterocycles. The smallest absolute Gasteiger partial charge is 0.338 e. The van der Waals surface area contributed by atoms with Crippen LogP contribution in [0.4, 0.5) is 5.69 Å². The molecule has 8 nitrogen and oxygen atoms in total. The molecule has 2 heterocycles. The van der Waals surface area contributed by atoms with Crippen LogP contribution in [0.15, 0.2) is 76.2 Å². The van der Waals surface area contributed by atoms with Gasteiger partial charge in [-0.15, -0.1) is 0 Å². The zero-order valence-electron chi connectivity index (χ0n) is 17.4. The van der Waals surface area contributed by atoms with E-state index in [4.69, 9.17) is 9.15 Å². The first-order chi connectivity index (χ1) is 15.3. The number of benzene rings is 2. The van der Waals surface area contributed by atoms with Crippen molar-refractivity contribution >= 4 is 27.6 Å². The summed E-state index contributed by atoms with van der Waals surface area (Å²) < 4.78 is 37.5. The van der Waals surface area contributed by atoms with Gasteiger partial charge in [0.25, 0.3) is 5.91 Å². The molecule has 1 aliphatic heterocycles. The first kappa shape index (κ1) is 21.8. The minimum absolute atomic E-state index is 0.000758. The lowest BCUT2D eigenvalue weighted by Crippen LogP contribution is -2.38. The average molecular weight is 455 g/mol. The van der Waals surface area contributed by atoms with Crippen LogP contribution in [-0.2, 0) is 32.5 Å². The number of sulfonamides is 1. The van der Waals surface area contributed by atoms with Gasteiger partial charge in [-0.25, -0.2) is 17.9 Å². The van der Waals surface area contributed by atoms with Crippen LogP contribution in [0, 0.1) is 0 Å². The third-order valence-corrected chi connectivity index (χ3v) is 6.64. The van der Waals surface area contributed by atoms with E-state index in [1.54, 1.807) is 17.0 Å². The summed E-state index contributed by atoms with van der Waals surface area (Å²) in [5.41, 5.74) is 2.06. The van der Waals surface area contributed by atoms with Gasteiger partial charge in [-0.05, 0) is 61.4 Å². The maximum Gasteiger partial charge on any atom is 0.338 e. The number of carbonyl (C=O) groups is 2. The van der Waals surface area contributed by atoms with E-state index in [2.05, 4.69) is 4.72 Å². The van der Waals surface area contributed by atoms with Gasteiger partial charge in [-0.2, -0.15) is 0 Å². The van der Waals surface area contributed by atoms with Gasteiger partial charge >= 0.3 is 5.97 Å². The summed E-state index contributed by atoms with van der Waals surface area (Å²) in [4.78, 5) is 26.7. The Bertz CT molecular complexity index is 1220. The van der Waals surface area contributed by atoms with Gasteiger partial charge in [0.15, 0.2) is 6.61 Å². The van der Waals surface area contributed by atoms with Crippen molar-refractivity contribution in [2.24, 2.45) is 0 Å². The van der Waals surface area contributed by atoms with Gasteiger partial charge < -0.3 is 14.1 Å². The lowest BCUT2D eigenvalue weighted by Gasteiger charge is -2.22. The predicted octanol–water partition coefficient (Wildman–Crippen LogP) is 2.89. The quantitative estimate of drug-likeness (QED) is 0.551. The van der Waals surface area contributed by atoms with E-state index in [1.165, 1.54) is 30.5 Å². The van der Waals surface area contributed by atoms with Crippen LogP contribution in [0.5, 0.6) is 0 Å². The summed E-state index contributed by atoms with van der Waals surface area (Å²) in [5, 5.41) is 0. The Balaban J connectivity index is 1.35. The second-order valence-corrected chi connectivity index (χ2v) is 9.22. The van der Waals surface area contributed by atoms with Crippen LogP contribution >= 0.6 is 0 Å². The number of nitrogens with one attached hydrogen (secondary N) is 1. The van der Waals surface area contributed by atoms with Gasteiger partial charge in [-0.3, -0.25) is 4.79 Å². The van der Waals surface area contributed by atoms with Crippen molar-refractivity contribution in [3.63, 3.8) is 0 Å². The molecule has 0 radical (unpaired) electrons. The Labute approximate surface area is 185 Å². The summed E-state index contributed by atoms with van der Waals surface area (Å²) in [6, 6.07) is 16.3. The summed E-state index contributed by atoms with van der Waals surface area (Å²) in [7, 11) is -3.77. The zero-order chi connectivity index (χ0) is 22.7. The Morgan fingerprint density at radius 1 is 1.09 bits per heavy atom. The second-order valence-electron chi connectivity index (χ2n) is 7.45. The molecule has 0 saturated carbocycles. The standard InChI is InChI=1S/C23H22N2O6S/c1-16-13-18-5-2-3-7-21(18)25(16)22(26)15-31-23(27)17-8-10-20(11-9-17)32(28,29)24-14-19-6-4-12-30-19/h2-12,16,24H,13-15H2,1H3/t16-/m0/s1. The third kappa shape index (κ3) is 4.58. The number of amides is 1. The van der Waals surface area contributed by atoms with Crippen molar-refractivity contribution in [1.29, 1.82) is 0 Å². The lowest BCUT2D eigenvalue weighted by atomic mass is 10.1. The van der Waals surface area contributed by atoms with Gasteiger partial charge in [0, 0.05) is 11.7 Å². The Morgan fingerprint density at radius 3 is 2.56 bits per heavy atom. The van der Waals surface area contributed by atoms with Crippen molar-refractivity contribution in [3.8, 4) is 0 Å². The molecule has 1 aromatic heterocycles. The van der Waals surface area contributed by atoms with E-state index in [1.807, 2.05) is 31.2 Å². The number of hydrogen-bond acceptors (Lipinski definition) is 6. The molecule has 1 aliphatic rings. The van der Waals surface area contributed by atoms with Crippen LogP contribution in [0.1, 0.15) is 28.6 Å². The Hall–Kier alpha value is -3.43. The normalized spacial score (nSPS) is 15.4. The first-order valence-electron chi connectivity index (χ1n) is 10.0. The van der Waals surface area contributed by atoms with E-state index in [0.29, 0.717) is 5.76 Å². The molecular formula is C23H22N2O6S. The molecule has 1 atom stereocenters.